The van der Waals surface area contributed by atoms with Crippen LogP contribution in [0.25, 0.3) is 5.69 Å². The van der Waals surface area contributed by atoms with Crippen molar-refractivity contribution in [3.8, 4) is 5.69 Å². The Bertz CT molecular complexity index is 470. The molecule has 6 heteroatoms. The molecule has 2 aromatic rings. The summed E-state index contributed by atoms with van der Waals surface area (Å²) in [5, 5.41) is 7.07. The minimum atomic E-state index is -2.68. The normalized spacial score (nSPS) is 11.0. The number of hydrogen-bond acceptors (Lipinski definition) is 2. The Labute approximate surface area is 95.7 Å². The summed E-state index contributed by atoms with van der Waals surface area (Å²) in [7, 11) is 0. The highest BCUT2D eigenvalue weighted by atomic mass is 35.5. The second-order valence-electron chi connectivity index (χ2n) is 3.08. The Morgan fingerprint density at radius 2 is 1.88 bits per heavy atom. The van der Waals surface area contributed by atoms with Crippen molar-refractivity contribution in [2.75, 3.05) is 0 Å². The second-order valence-corrected chi connectivity index (χ2v) is 3.35. The Hall–Kier alpha value is -1.49. The fraction of sp³-hybridized carbons (Fsp3) is 0.200. The van der Waals surface area contributed by atoms with Gasteiger partial charge in [-0.25, -0.2) is 8.78 Å². The number of nitrogens with zero attached hydrogens (tertiary/aromatic N) is 3. The Kier molecular flexibility index (Phi) is 3.14. The number of alkyl halides is 3. The highest BCUT2D eigenvalue weighted by molar-refractivity contribution is 6.16. The lowest BCUT2D eigenvalue weighted by atomic mass is 10.3. The molecule has 0 aliphatic rings. The molecule has 0 spiro atoms. The SMILES string of the molecule is FC(F)c1nnc(CCl)n1-c1ccccc1. The molecule has 0 atom stereocenters. The number of hydrogen-bond donors (Lipinski definition) is 0. The van der Waals surface area contributed by atoms with Crippen molar-refractivity contribution in [2.24, 2.45) is 0 Å². The van der Waals surface area contributed by atoms with E-state index < -0.39 is 6.43 Å². The number of halogens is 3. The first-order valence-corrected chi connectivity index (χ1v) is 5.11. The van der Waals surface area contributed by atoms with E-state index in [4.69, 9.17) is 11.6 Å². The first-order chi connectivity index (χ1) is 7.74. The molecule has 0 N–H and O–H groups in total. The van der Waals surface area contributed by atoms with Gasteiger partial charge in [0.25, 0.3) is 6.43 Å². The van der Waals surface area contributed by atoms with Crippen molar-refractivity contribution < 1.29 is 8.78 Å². The third-order valence-electron chi connectivity index (χ3n) is 2.08. The summed E-state index contributed by atoms with van der Waals surface area (Å²) in [5.74, 6) is -0.0424. The highest BCUT2D eigenvalue weighted by Gasteiger charge is 2.20. The van der Waals surface area contributed by atoms with Gasteiger partial charge in [-0.2, -0.15) is 0 Å². The molecule has 0 aliphatic heterocycles. The van der Waals surface area contributed by atoms with Crippen molar-refractivity contribution in [2.45, 2.75) is 12.3 Å². The van der Waals surface area contributed by atoms with Gasteiger partial charge in [-0.15, -0.1) is 21.8 Å². The van der Waals surface area contributed by atoms with Gasteiger partial charge in [-0.05, 0) is 12.1 Å². The first kappa shape index (κ1) is 11.0. The van der Waals surface area contributed by atoms with E-state index in [0.29, 0.717) is 11.5 Å². The predicted octanol–water partition coefficient (Wildman–Crippen LogP) is 2.94. The molecule has 0 aliphatic carbocycles. The molecular formula is C10H8ClF2N3. The zero-order chi connectivity index (χ0) is 11.5. The van der Waals surface area contributed by atoms with E-state index in [1.54, 1.807) is 30.3 Å². The van der Waals surface area contributed by atoms with E-state index in [9.17, 15) is 8.78 Å². The van der Waals surface area contributed by atoms with Crippen LogP contribution in [-0.2, 0) is 5.88 Å². The third-order valence-corrected chi connectivity index (χ3v) is 2.32. The summed E-state index contributed by atoms with van der Waals surface area (Å²) in [5.41, 5.74) is 0.582. The van der Waals surface area contributed by atoms with E-state index in [0.717, 1.165) is 0 Å². The lowest BCUT2D eigenvalue weighted by Gasteiger charge is -2.07. The van der Waals surface area contributed by atoms with Gasteiger partial charge in [-0.3, -0.25) is 4.57 Å². The maximum atomic E-state index is 12.7. The maximum Gasteiger partial charge on any atom is 0.297 e. The van der Waals surface area contributed by atoms with Crippen LogP contribution in [0.5, 0.6) is 0 Å². The van der Waals surface area contributed by atoms with Crippen LogP contribution in [0.15, 0.2) is 30.3 Å². The van der Waals surface area contributed by atoms with E-state index in [1.807, 2.05) is 0 Å². The van der Waals surface area contributed by atoms with Crippen molar-refractivity contribution in [3.63, 3.8) is 0 Å². The number of aromatic nitrogens is 3. The molecule has 0 saturated heterocycles. The lowest BCUT2D eigenvalue weighted by molar-refractivity contribution is 0.138. The quantitative estimate of drug-likeness (QED) is 0.776. The molecule has 2 rings (SSSR count). The van der Waals surface area contributed by atoms with E-state index >= 15 is 0 Å². The van der Waals surface area contributed by atoms with E-state index in [1.165, 1.54) is 4.57 Å². The van der Waals surface area contributed by atoms with Gasteiger partial charge in [0.15, 0.2) is 5.82 Å². The van der Waals surface area contributed by atoms with Crippen LogP contribution >= 0.6 is 11.6 Å². The molecular weight excluding hydrogens is 236 g/mol. The van der Waals surface area contributed by atoms with Crippen molar-refractivity contribution >= 4 is 11.6 Å². The largest absolute Gasteiger partial charge is 0.297 e. The Balaban J connectivity index is 2.57. The van der Waals surface area contributed by atoms with Gasteiger partial charge >= 0.3 is 0 Å². The summed E-state index contributed by atoms with van der Waals surface area (Å²) < 4.78 is 26.7. The van der Waals surface area contributed by atoms with Gasteiger partial charge in [0.1, 0.15) is 0 Å². The molecule has 1 aromatic heterocycles. The number of rotatable bonds is 3. The van der Waals surface area contributed by atoms with Gasteiger partial charge in [0, 0.05) is 5.69 Å². The summed E-state index contributed by atoms with van der Waals surface area (Å²) in [6, 6.07) is 8.71. The minimum absolute atomic E-state index is 0.0363. The maximum absolute atomic E-state index is 12.7. The topological polar surface area (TPSA) is 30.7 Å². The zero-order valence-corrected chi connectivity index (χ0v) is 8.90. The van der Waals surface area contributed by atoms with Crippen LogP contribution < -0.4 is 0 Å². The summed E-state index contributed by atoms with van der Waals surface area (Å²) >= 11 is 5.63. The van der Waals surface area contributed by atoms with Crippen LogP contribution in [0.2, 0.25) is 0 Å². The van der Waals surface area contributed by atoms with E-state index in [-0.39, 0.29) is 11.7 Å². The van der Waals surface area contributed by atoms with Crippen LogP contribution in [0.4, 0.5) is 8.78 Å². The van der Waals surface area contributed by atoms with Gasteiger partial charge in [-0.1, -0.05) is 18.2 Å². The molecule has 1 aromatic carbocycles. The van der Waals surface area contributed by atoms with Gasteiger partial charge in [0.2, 0.25) is 5.82 Å². The molecule has 0 unspecified atom stereocenters. The fourth-order valence-electron chi connectivity index (χ4n) is 1.42. The van der Waals surface area contributed by atoms with Crippen LogP contribution in [0.3, 0.4) is 0 Å². The Morgan fingerprint density at radius 1 is 1.19 bits per heavy atom. The zero-order valence-electron chi connectivity index (χ0n) is 8.15. The standard InChI is InChI=1S/C10H8ClF2N3/c11-6-8-14-15-10(9(12)13)16(8)7-4-2-1-3-5-7/h1-5,9H,6H2. The molecule has 0 amide bonds. The van der Waals surface area contributed by atoms with Crippen molar-refractivity contribution in [1.29, 1.82) is 0 Å². The van der Waals surface area contributed by atoms with Crippen LogP contribution in [0, 0.1) is 0 Å². The van der Waals surface area contributed by atoms with Crippen molar-refractivity contribution in [3.05, 3.63) is 42.0 Å². The molecule has 3 nitrogen and oxygen atoms in total. The molecule has 84 valence electrons. The monoisotopic (exact) mass is 243 g/mol. The molecule has 0 bridgehead atoms. The summed E-state index contributed by atoms with van der Waals surface area (Å²) in [6.07, 6.45) is -2.68. The summed E-state index contributed by atoms with van der Waals surface area (Å²) in [4.78, 5) is 0. The fourth-order valence-corrected chi connectivity index (χ4v) is 1.59. The molecule has 1 heterocycles. The average Bonchev–Trinajstić information content (AvgIpc) is 2.73. The summed E-state index contributed by atoms with van der Waals surface area (Å²) in [6.45, 7) is 0. The third kappa shape index (κ3) is 1.90. The minimum Gasteiger partial charge on any atom is -0.277 e. The second kappa shape index (κ2) is 4.57. The highest BCUT2D eigenvalue weighted by Crippen LogP contribution is 2.22. The average molecular weight is 244 g/mol. The molecule has 0 saturated carbocycles. The molecule has 0 radical (unpaired) electrons. The molecule has 16 heavy (non-hydrogen) atoms. The lowest BCUT2D eigenvalue weighted by Crippen LogP contribution is -2.04. The van der Waals surface area contributed by atoms with Crippen molar-refractivity contribution in [1.82, 2.24) is 14.8 Å². The van der Waals surface area contributed by atoms with Gasteiger partial charge in [0.05, 0.1) is 5.88 Å². The predicted molar refractivity (Wildman–Crippen MR) is 55.9 cm³/mol. The van der Waals surface area contributed by atoms with Gasteiger partial charge < -0.3 is 0 Å². The molecule has 0 fully saturated rings. The number of para-hydroxylation sites is 1. The van der Waals surface area contributed by atoms with E-state index in [2.05, 4.69) is 10.2 Å². The first-order valence-electron chi connectivity index (χ1n) is 4.57. The smallest absolute Gasteiger partial charge is 0.277 e. The van der Waals surface area contributed by atoms with Crippen LogP contribution in [0.1, 0.15) is 18.1 Å². The number of benzene rings is 1. The van der Waals surface area contributed by atoms with Crippen LogP contribution in [-0.4, -0.2) is 14.8 Å². The Morgan fingerprint density at radius 3 is 2.44 bits per heavy atom.